The normalized spacial score (nSPS) is 16.8. The predicted octanol–water partition coefficient (Wildman–Crippen LogP) is 1.89. The summed E-state index contributed by atoms with van der Waals surface area (Å²) in [5.41, 5.74) is 6.96. The molecule has 2 heterocycles. The quantitative estimate of drug-likeness (QED) is 0.685. The number of carbonyl (C=O) groups excluding carboxylic acids is 2. The van der Waals surface area contributed by atoms with Gasteiger partial charge in [0.2, 0.25) is 0 Å². The third-order valence-electron chi connectivity index (χ3n) is 4.46. The number of rotatable bonds is 4. The van der Waals surface area contributed by atoms with Crippen LogP contribution < -0.4 is 5.73 Å². The largest absolute Gasteiger partial charge is 0.459 e. The van der Waals surface area contributed by atoms with E-state index in [0.29, 0.717) is 43.2 Å². The molecule has 1 aromatic carbocycles. The van der Waals surface area contributed by atoms with Crippen molar-refractivity contribution in [3.63, 3.8) is 0 Å². The molecule has 6 heteroatoms. The first-order chi connectivity index (χ1) is 11.6. The summed E-state index contributed by atoms with van der Waals surface area (Å²) in [7, 11) is 0. The number of nitrogens with zero attached hydrogens (tertiary/aromatic N) is 2. The maximum atomic E-state index is 12.6. The Hall–Kier alpha value is -2.60. The first kappa shape index (κ1) is 16.3. The van der Waals surface area contributed by atoms with Gasteiger partial charge in [0, 0.05) is 37.4 Å². The Bertz CT molecular complexity index is 702. The summed E-state index contributed by atoms with van der Waals surface area (Å²) < 4.78 is 5.16. The number of benzene rings is 1. The van der Waals surface area contributed by atoms with Gasteiger partial charge in [0.15, 0.2) is 11.5 Å². The second-order valence-corrected chi connectivity index (χ2v) is 5.97. The average molecular weight is 327 g/mol. The summed E-state index contributed by atoms with van der Waals surface area (Å²) in [5, 5.41) is 0. The van der Waals surface area contributed by atoms with Crippen molar-refractivity contribution in [3.05, 3.63) is 54.0 Å². The van der Waals surface area contributed by atoms with Crippen LogP contribution in [0.5, 0.6) is 0 Å². The third kappa shape index (κ3) is 3.33. The minimum Gasteiger partial charge on any atom is -0.459 e. The van der Waals surface area contributed by atoms with Crippen LogP contribution in [0.1, 0.15) is 27.8 Å². The highest BCUT2D eigenvalue weighted by atomic mass is 16.3. The lowest BCUT2D eigenvalue weighted by atomic mass is 10.0. The fourth-order valence-corrected chi connectivity index (χ4v) is 2.92. The van der Waals surface area contributed by atoms with E-state index in [2.05, 4.69) is 4.90 Å². The molecule has 1 aromatic heterocycles. The maximum absolute atomic E-state index is 12.6. The molecular weight excluding hydrogens is 306 g/mol. The van der Waals surface area contributed by atoms with Gasteiger partial charge in [-0.05, 0) is 43.3 Å². The van der Waals surface area contributed by atoms with E-state index in [-0.39, 0.29) is 17.7 Å². The van der Waals surface area contributed by atoms with Crippen LogP contribution in [-0.4, -0.2) is 53.7 Å². The van der Waals surface area contributed by atoms with Crippen LogP contribution in [0, 0.1) is 0 Å². The Labute approximate surface area is 140 Å². The molecule has 2 N–H and O–H groups in total. The van der Waals surface area contributed by atoms with E-state index in [0.717, 1.165) is 0 Å². The zero-order valence-electron chi connectivity index (χ0n) is 13.6. The van der Waals surface area contributed by atoms with Gasteiger partial charge < -0.3 is 15.1 Å². The van der Waals surface area contributed by atoms with E-state index in [4.69, 9.17) is 10.2 Å². The second-order valence-electron chi connectivity index (χ2n) is 5.97. The van der Waals surface area contributed by atoms with Crippen molar-refractivity contribution < 1.29 is 14.0 Å². The maximum Gasteiger partial charge on any atom is 0.289 e. The van der Waals surface area contributed by atoms with Crippen molar-refractivity contribution in [3.8, 4) is 0 Å². The van der Waals surface area contributed by atoms with Gasteiger partial charge >= 0.3 is 0 Å². The van der Waals surface area contributed by atoms with Crippen molar-refractivity contribution in [2.75, 3.05) is 31.9 Å². The molecule has 0 radical (unpaired) electrons. The summed E-state index contributed by atoms with van der Waals surface area (Å²) >= 11 is 0. The molecule has 1 saturated heterocycles. The fourth-order valence-electron chi connectivity index (χ4n) is 2.92. The molecule has 24 heavy (non-hydrogen) atoms. The van der Waals surface area contributed by atoms with Crippen LogP contribution >= 0.6 is 0 Å². The molecule has 6 nitrogen and oxygen atoms in total. The van der Waals surface area contributed by atoms with E-state index in [9.17, 15) is 9.59 Å². The van der Waals surface area contributed by atoms with Crippen molar-refractivity contribution in [2.24, 2.45) is 0 Å². The molecule has 1 amide bonds. The van der Waals surface area contributed by atoms with Crippen LogP contribution in [0.3, 0.4) is 0 Å². The first-order valence-electron chi connectivity index (χ1n) is 8.03. The van der Waals surface area contributed by atoms with E-state index in [1.807, 2.05) is 6.92 Å². The van der Waals surface area contributed by atoms with Crippen LogP contribution in [0.2, 0.25) is 0 Å². The number of nitrogens with two attached hydrogens (primary N) is 1. The molecule has 1 atom stereocenters. The Balaban J connectivity index is 1.58. The number of piperazine rings is 1. The molecule has 3 rings (SSSR count). The summed E-state index contributed by atoms with van der Waals surface area (Å²) in [6.45, 7) is 4.39. The lowest BCUT2D eigenvalue weighted by molar-refractivity contribution is 0.0528. The van der Waals surface area contributed by atoms with Gasteiger partial charge in [-0.3, -0.25) is 14.5 Å². The Kier molecular flexibility index (Phi) is 4.66. The summed E-state index contributed by atoms with van der Waals surface area (Å²) in [6, 6.07) is 10.1. The molecule has 0 aliphatic carbocycles. The minimum atomic E-state index is -0.227. The number of Topliss-reactive ketones (excluding diaryl/α,β-unsaturated/α-hetero) is 1. The van der Waals surface area contributed by atoms with Crippen LogP contribution in [0.4, 0.5) is 5.69 Å². The van der Waals surface area contributed by atoms with Crippen LogP contribution in [0.15, 0.2) is 47.1 Å². The Morgan fingerprint density at radius 2 is 1.75 bits per heavy atom. The molecule has 1 unspecified atom stereocenters. The zero-order valence-corrected chi connectivity index (χ0v) is 13.6. The second kappa shape index (κ2) is 6.88. The SMILES string of the molecule is CC(C(=O)c1ccc(N)cc1)N1CCN(C(=O)c2ccco2)CC1. The summed E-state index contributed by atoms with van der Waals surface area (Å²) in [6.07, 6.45) is 1.50. The van der Waals surface area contributed by atoms with Crippen LogP contribution in [0.25, 0.3) is 0 Å². The minimum absolute atomic E-state index is 0.0702. The van der Waals surface area contributed by atoms with Gasteiger partial charge in [-0.1, -0.05) is 0 Å². The van der Waals surface area contributed by atoms with Crippen molar-refractivity contribution in [1.82, 2.24) is 9.80 Å². The summed E-state index contributed by atoms with van der Waals surface area (Å²) in [4.78, 5) is 28.7. The van der Waals surface area contributed by atoms with E-state index < -0.39 is 0 Å². The molecule has 2 aromatic rings. The average Bonchev–Trinajstić information content (AvgIpc) is 3.15. The Morgan fingerprint density at radius 3 is 2.33 bits per heavy atom. The smallest absolute Gasteiger partial charge is 0.289 e. The predicted molar refractivity (Wildman–Crippen MR) is 90.8 cm³/mol. The molecule has 1 aliphatic rings. The monoisotopic (exact) mass is 327 g/mol. The van der Waals surface area contributed by atoms with Crippen molar-refractivity contribution in [1.29, 1.82) is 0 Å². The van der Waals surface area contributed by atoms with E-state index in [1.165, 1.54) is 6.26 Å². The number of carbonyl (C=O) groups is 2. The van der Waals surface area contributed by atoms with Gasteiger partial charge in [0.1, 0.15) is 0 Å². The topological polar surface area (TPSA) is 79.8 Å². The van der Waals surface area contributed by atoms with Gasteiger partial charge in [0.05, 0.1) is 12.3 Å². The molecule has 0 spiro atoms. The molecule has 1 fully saturated rings. The van der Waals surface area contributed by atoms with Gasteiger partial charge in [-0.2, -0.15) is 0 Å². The zero-order chi connectivity index (χ0) is 17.1. The van der Waals surface area contributed by atoms with Crippen molar-refractivity contribution in [2.45, 2.75) is 13.0 Å². The van der Waals surface area contributed by atoms with E-state index >= 15 is 0 Å². The molecular formula is C18H21N3O3. The third-order valence-corrected chi connectivity index (χ3v) is 4.46. The molecule has 126 valence electrons. The Morgan fingerprint density at radius 1 is 1.08 bits per heavy atom. The number of ketones is 1. The molecule has 0 bridgehead atoms. The highest BCUT2D eigenvalue weighted by Gasteiger charge is 2.29. The standard InChI is InChI=1S/C18H21N3O3/c1-13(17(22)14-4-6-15(19)7-5-14)20-8-10-21(11-9-20)18(23)16-3-2-12-24-16/h2-7,12-13H,8-11,19H2,1H3. The fraction of sp³-hybridized carbons (Fsp3) is 0.333. The van der Waals surface area contributed by atoms with Crippen LogP contribution in [-0.2, 0) is 0 Å². The van der Waals surface area contributed by atoms with E-state index in [1.54, 1.807) is 41.3 Å². The lowest BCUT2D eigenvalue weighted by Gasteiger charge is -2.37. The number of furan rings is 1. The van der Waals surface area contributed by atoms with Crippen molar-refractivity contribution >= 4 is 17.4 Å². The highest BCUT2D eigenvalue weighted by Crippen LogP contribution is 2.15. The number of hydrogen-bond acceptors (Lipinski definition) is 5. The lowest BCUT2D eigenvalue weighted by Crippen LogP contribution is -2.53. The molecule has 1 aliphatic heterocycles. The number of anilines is 1. The van der Waals surface area contributed by atoms with Gasteiger partial charge in [-0.15, -0.1) is 0 Å². The molecule has 0 saturated carbocycles. The first-order valence-corrected chi connectivity index (χ1v) is 8.03. The summed E-state index contributed by atoms with van der Waals surface area (Å²) in [5.74, 6) is 0.326. The number of nitrogen functional groups attached to an aromatic ring is 1. The highest BCUT2D eigenvalue weighted by molar-refractivity contribution is 6.00. The number of amides is 1. The van der Waals surface area contributed by atoms with Gasteiger partial charge in [-0.25, -0.2) is 0 Å². The number of hydrogen-bond donors (Lipinski definition) is 1. The van der Waals surface area contributed by atoms with Gasteiger partial charge in [0.25, 0.3) is 5.91 Å².